The van der Waals surface area contributed by atoms with Gasteiger partial charge in [0, 0.05) is 33.1 Å². The summed E-state index contributed by atoms with van der Waals surface area (Å²) >= 11 is 0. The zero-order chi connectivity index (χ0) is 15.2. The summed E-state index contributed by atoms with van der Waals surface area (Å²) in [5.41, 5.74) is 2.10. The number of hydrogen-bond acceptors (Lipinski definition) is 3. The topological polar surface area (TPSA) is 57.7 Å². The van der Waals surface area contributed by atoms with E-state index in [9.17, 15) is 13.2 Å². The van der Waals surface area contributed by atoms with E-state index in [1.54, 1.807) is 12.1 Å². The third-order valence-electron chi connectivity index (χ3n) is 4.21. The predicted octanol–water partition coefficient (Wildman–Crippen LogP) is 1.23. The van der Waals surface area contributed by atoms with E-state index in [-0.39, 0.29) is 11.8 Å². The molecule has 0 unspecified atom stereocenters. The van der Waals surface area contributed by atoms with Gasteiger partial charge in [0.05, 0.1) is 4.90 Å². The minimum Gasteiger partial charge on any atom is -0.338 e. The van der Waals surface area contributed by atoms with E-state index in [4.69, 9.17) is 0 Å². The number of nitrogens with zero attached hydrogens (tertiary/aromatic N) is 2. The highest BCUT2D eigenvalue weighted by atomic mass is 32.2. The summed E-state index contributed by atoms with van der Waals surface area (Å²) in [7, 11) is -0.371. The van der Waals surface area contributed by atoms with Crippen molar-refractivity contribution in [1.82, 2.24) is 9.21 Å². The summed E-state index contributed by atoms with van der Waals surface area (Å²) in [5.74, 6) is 0.432. The molecule has 1 heterocycles. The maximum Gasteiger partial charge on any atom is 0.242 e. The number of fused-ring (bicyclic) bond motifs is 1. The average Bonchev–Trinajstić information content (AvgIpc) is 3.29. The largest absolute Gasteiger partial charge is 0.338 e. The molecule has 0 bridgehead atoms. The van der Waals surface area contributed by atoms with Crippen LogP contribution in [0.3, 0.4) is 0 Å². The molecule has 21 heavy (non-hydrogen) atoms. The lowest BCUT2D eigenvalue weighted by atomic mass is 9.99. The van der Waals surface area contributed by atoms with Gasteiger partial charge in [0.1, 0.15) is 0 Å². The lowest BCUT2D eigenvalue weighted by Gasteiger charge is -2.29. The molecule has 2 aliphatic rings. The van der Waals surface area contributed by atoms with Crippen molar-refractivity contribution in [2.75, 3.05) is 20.6 Å². The molecule has 3 rings (SSSR count). The molecule has 0 saturated heterocycles. The molecule has 0 aromatic heterocycles. The number of sulfonamides is 1. The molecule has 0 N–H and O–H groups in total. The molecule has 1 saturated carbocycles. The van der Waals surface area contributed by atoms with Crippen molar-refractivity contribution in [1.29, 1.82) is 0 Å². The summed E-state index contributed by atoms with van der Waals surface area (Å²) < 4.78 is 25.6. The van der Waals surface area contributed by atoms with Gasteiger partial charge in [0.2, 0.25) is 15.9 Å². The van der Waals surface area contributed by atoms with E-state index in [1.807, 2.05) is 11.0 Å². The second kappa shape index (κ2) is 5.10. The van der Waals surface area contributed by atoms with E-state index in [0.29, 0.717) is 11.4 Å². The highest BCUT2D eigenvalue weighted by molar-refractivity contribution is 7.89. The number of amides is 1. The molecular formula is C15H20N2O3S. The Hall–Kier alpha value is -1.40. The van der Waals surface area contributed by atoms with Crippen molar-refractivity contribution in [3.63, 3.8) is 0 Å². The van der Waals surface area contributed by atoms with Gasteiger partial charge in [-0.1, -0.05) is 6.07 Å². The van der Waals surface area contributed by atoms with Gasteiger partial charge in [-0.05, 0) is 42.5 Å². The second-order valence-electron chi connectivity index (χ2n) is 6.00. The molecule has 6 heteroatoms. The van der Waals surface area contributed by atoms with Gasteiger partial charge in [-0.25, -0.2) is 12.7 Å². The number of carbonyl (C=O) groups is 1. The first kappa shape index (κ1) is 14.5. The van der Waals surface area contributed by atoms with Gasteiger partial charge in [0.15, 0.2) is 0 Å². The molecule has 0 atom stereocenters. The third-order valence-corrected chi connectivity index (χ3v) is 6.02. The van der Waals surface area contributed by atoms with E-state index in [2.05, 4.69) is 0 Å². The van der Waals surface area contributed by atoms with Gasteiger partial charge >= 0.3 is 0 Å². The molecule has 1 aliphatic heterocycles. The number of rotatable bonds is 3. The zero-order valence-electron chi connectivity index (χ0n) is 12.4. The van der Waals surface area contributed by atoms with Crippen LogP contribution in [-0.4, -0.2) is 44.2 Å². The van der Waals surface area contributed by atoms with E-state index in [1.165, 1.54) is 18.4 Å². The average molecular weight is 308 g/mol. The molecule has 1 aliphatic carbocycles. The van der Waals surface area contributed by atoms with Crippen LogP contribution in [0.15, 0.2) is 23.1 Å². The smallest absolute Gasteiger partial charge is 0.242 e. The molecule has 0 spiro atoms. The van der Waals surface area contributed by atoms with E-state index in [0.717, 1.165) is 36.9 Å². The number of hydrogen-bond donors (Lipinski definition) is 0. The minimum absolute atomic E-state index is 0.209. The quantitative estimate of drug-likeness (QED) is 0.844. The summed E-state index contributed by atoms with van der Waals surface area (Å²) in [5, 5.41) is 0. The first-order chi connectivity index (χ1) is 9.89. The summed E-state index contributed by atoms with van der Waals surface area (Å²) in [4.78, 5) is 14.3. The van der Waals surface area contributed by atoms with Crippen molar-refractivity contribution in [2.45, 2.75) is 30.7 Å². The first-order valence-corrected chi connectivity index (χ1v) is 8.67. The summed E-state index contributed by atoms with van der Waals surface area (Å²) in [6.45, 7) is 1.27. The van der Waals surface area contributed by atoms with Crippen LogP contribution in [0.4, 0.5) is 0 Å². The zero-order valence-corrected chi connectivity index (χ0v) is 13.2. The maximum atomic E-state index is 12.2. The SMILES string of the molecule is CN(C)S(=O)(=O)c1ccc2c(c1)CN(C(=O)C1CC1)CC2. The highest BCUT2D eigenvalue weighted by Gasteiger charge is 2.34. The van der Waals surface area contributed by atoms with Crippen LogP contribution >= 0.6 is 0 Å². The molecular weight excluding hydrogens is 288 g/mol. The van der Waals surface area contributed by atoms with Crippen LogP contribution in [0, 0.1) is 5.92 Å². The summed E-state index contributed by atoms with van der Waals surface area (Å²) in [6.07, 6.45) is 2.80. The van der Waals surface area contributed by atoms with Crippen LogP contribution < -0.4 is 0 Å². The highest BCUT2D eigenvalue weighted by Crippen LogP contribution is 2.33. The third kappa shape index (κ3) is 2.70. The second-order valence-corrected chi connectivity index (χ2v) is 8.15. The monoisotopic (exact) mass is 308 g/mol. The van der Waals surface area contributed by atoms with Crippen molar-refractivity contribution < 1.29 is 13.2 Å². The Morgan fingerprint density at radius 2 is 1.95 bits per heavy atom. The Bertz CT molecular complexity index is 678. The summed E-state index contributed by atoms with van der Waals surface area (Å²) in [6, 6.07) is 5.26. The van der Waals surface area contributed by atoms with Crippen LogP contribution in [0.5, 0.6) is 0 Å². The van der Waals surface area contributed by atoms with Crippen LogP contribution in [-0.2, 0) is 27.8 Å². The Morgan fingerprint density at radius 1 is 1.24 bits per heavy atom. The van der Waals surface area contributed by atoms with Gasteiger partial charge in [-0.3, -0.25) is 4.79 Å². The Labute approximate surface area is 125 Å². The molecule has 0 radical (unpaired) electrons. The maximum absolute atomic E-state index is 12.2. The van der Waals surface area contributed by atoms with Crippen molar-refractivity contribution in [3.05, 3.63) is 29.3 Å². The fourth-order valence-electron chi connectivity index (χ4n) is 2.68. The van der Waals surface area contributed by atoms with Crippen LogP contribution in [0.25, 0.3) is 0 Å². The fraction of sp³-hybridized carbons (Fsp3) is 0.533. The lowest BCUT2D eigenvalue weighted by Crippen LogP contribution is -2.37. The molecule has 1 aromatic rings. The van der Waals surface area contributed by atoms with Gasteiger partial charge in [-0.15, -0.1) is 0 Å². The van der Waals surface area contributed by atoms with Gasteiger partial charge < -0.3 is 4.90 Å². The number of carbonyl (C=O) groups excluding carboxylic acids is 1. The van der Waals surface area contributed by atoms with Crippen LogP contribution in [0.1, 0.15) is 24.0 Å². The molecule has 1 aromatic carbocycles. The fourth-order valence-corrected chi connectivity index (χ4v) is 3.63. The van der Waals surface area contributed by atoms with Gasteiger partial charge in [0.25, 0.3) is 0 Å². The number of benzene rings is 1. The van der Waals surface area contributed by atoms with Crippen LogP contribution in [0.2, 0.25) is 0 Å². The first-order valence-electron chi connectivity index (χ1n) is 7.22. The van der Waals surface area contributed by atoms with Gasteiger partial charge in [-0.2, -0.15) is 0 Å². The Morgan fingerprint density at radius 3 is 2.57 bits per heavy atom. The predicted molar refractivity (Wildman–Crippen MR) is 79.2 cm³/mol. The minimum atomic E-state index is -3.42. The molecule has 5 nitrogen and oxygen atoms in total. The van der Waals surface area contributed by atoms with E-state index < -0.39 is 10.0 Å². The lowest BCUT2D eigenvalue weighted by molar-refractivity contribution is -0.133. The van der Waals surface area contributed by atoms with Crippen molar-refractivity contribution >= 4 is 15.9 Å². The normalized spacial score (nSPS) is 18.7. The Kier molecular flexibility index (Phi) is 3.53. The molecule has 1 fully saturated rings. The molecule has 1 amide bonds. The standard InChI is InChI=1S/C15H20N2O3S/c1-16(2)21(19,20)14-6-5-11-7-8-17(10-13(11)9-14)15(18)12-3-4-12/h5-6,9,12H,3-4,7-8,10H2,1-2H3. The Balaban J connectivity index is 1.88. The van der Waals surface area contributed by atoms with Crippen molar-refractivity contribution in [2.24, 2.45) is 5.92 Å². The molecule has 114 valence electrons. The van der Waals surface area contributed by atoms with Crippen molar-refractivity contribution in [3.8, 4) is 0 Å². The van der Waals surface area contributed by atoms with E-state index >= 15 is 0 Å².